The number of carbonyl (C=O) groups is 1. The molecule has 2 aromatic rings. The summed E-state index contributed by atoms with van der Waals surface area (Å²) < 4.78 is 3.63. The molecule has 0 aliphatic carbocycles. The first-order valence-electron chi connectivity index (χ1n) is 5.93. The summed E-state index contributed by atoms with van der Waals surface area (Å²) in [6.07, 6.45) is 0.984. The molecule has 0 saturated carbocycles. The second kappa shape index (κ2) is 5.62. The molecule has 2 heterocycles. The molecule has 0 aliphatic rings. The quantitative estimate of drug-likeness (QED) is 0.670. The van der Waals surface area contributed by atoms with Gasteiger partial charge in [-0.05, 0) is 25.6 Å². The van der Waals surface area contributed by atoms with Crippen molar-refractivity contribution in [2.75, 3.05) is 5.43 Å². The summed E-state index contributed by atoms with van der Waals surface area (Å²) in [7, 11) is 0. The molecule has 0 aliphatic heterocycles. The zero-order valence-electron chi connectivity index (χ0n) is 11.0. The van der Waals surface area contributed by atoms with E-state index in [-0.39, 0.29) is 5.91 Å². The number of rotatable bonds is 4. The maximum atomic E-state index is 11.0. The van der Waals surface area contributed by atoms with Crippen LogP contribution in [0.4, 0.5) is 5.82 Å². The third-order valence-corrected chi connectivity index (χ3v) is 3.87. The molecular weight excluding hydrogens is 282 g/mol. The fraction of sp³-hybridized carbons (Fsp3) is 0.455. The minimum atomic E-state index is -0.180. The van der Waals surface area contributed by atoms with Crippen molar-refractivity contribution in [1.82, 2.24) is 20.0 Å². The second-order valence-corrected chi connectivity index (χ2v) is 5.74. The minimum absolute atomic E-state index is 0.180. The molecule has 19 heavy (non-hydrogen) atoms. The van der Waals surface area contributed by atoms with Gasteiger partial charge in [0.15, 0.2) is 15.4 Å². The van der Waals surface area contributed by atoms with Crippen molar-refractivity contribution in [3.63, 3.8) is 0 Å². The number of hydrazine groups is 1. The van der Waals surface area contributed by atoms with Crippen LogP contribution < -0.4 is 10.9 Å². The molecule has 6 nitrogen and oxygen atoms in total. The Hall–Kier alpha value is -1.54. The van der Waals surface area contributed by atoms with Crippen LogP contribution in [0, 0.1) is 10.9 Å². The molecule has 0 spiro atoms. The highest BCUT2D eigenvalue weighted by Gasteiger charge is 2.13. The second-order valence-electron chi connectivity index (χ2n) is 4.10. The van der Waals surface area contributed by atoms with Crippen molar-refractivity contribution >= 4 is 45.6 Å². The van der Waals surface area contributed by atoms with Crippen molar-refractivity contribution in [3.05, 3.63) is 9.78 Å². The number of hydrogen-bond acceptors (Lipinski definition) is 6. The van der Waals surface area contributed by atoms with Gasteiger partial charge in [-0.25, -0.2) is 9.97 Å². The highest BCUT2D eigenvalue weighted by molar-refractivity contribution is 7.73. The Kier molecular flexibility index (Phi) is 4.11. The van der Waals surface area contributed by atoms with Crippen LogP contribution in [0.25, 0.3) is 10.3 Å². The third-order valence-electron chi connectivity index (χ3n) is 2.43. The van der Waals surface area contributed by atoms with E-state index in [9.17, 15) is 4.79 Å². The Morgan fingerprint density at radius 3 is 2.84 bits per heavy atom. The van der Waals surface area contributed by atoms with Gasteiger partial charge < -0.3 is 4.57 Å². The van der Waals surface area contributed by atoms with Gasteiger partial charge in [0.1, 0.15) is 10.5 Å². The van der Waals surface area contributed by atoms with Gasteiger partial charge in [0.2, 0.25) is 5.91 Å². The van der Waals surface area contributed by atoms with Gasteiger partial charge in [0.25, 0.3) is 0 Å². The van der Waals surface area contributed by atoms with E-state index in [1.54, 1.807) is 0 Å². The number of anilines is 1. The van der Waals surface area contributed by atoms with Crippen LogP contribution in [-0.4, -0.2) is 20.4 Å². The maximum absolute atomic E-state index is 11.0. The number of amides is 1. The number of thiazole rings is 1. The van der Waals surface area contributed by atoms with Crippen LogP contribution >= 0.6 is 23.6 Å². The molecule has 2 rings (SSSR count). The van der Waals surface area contributed by atoms with Crippen LogP contribution in [0.3, 0.4) is 0 Å². The molecule has 1 amide bonds. The van der Waals surface area contributed by atoms with Gasteiger partial charge in [0.05, 0.1) is 0 Å². The molecule has 102 valence electrons. The molecular formula is C11H15N5OS2. The topological polar surface area (TPSA) is 71.8 Å². The normalized spacial score (nSPS) is 10.7. The smallest absolute Gasteiger partial charge is 0.235 e. The lowest BCUT2D eigenvalue weighted by molar-refractivity contribution is -0.118. The first-order valence-corrected chi connectivity index (χ1v) is 7.16. The predicted octanol–water partition coefficient (Wildman–Crippen LogP) is 2.40. The number of hydrogen-bond donors (Lipinski definition) is 2. The van der Waals surface area contributed by atoms with Gasteiger partial charge in [-0.1, -0.05) is 18.3 Å². The summed E-state index contributed by atoms with van der Waals surface area (Å²) in [5.41, 5.74) is 6.15. The van der Waals surface area contributed by atoms with Crippen LogP contribution in [0.2, 0.25) is 0 Å². The van der Waals surface area contributed by atoms with Crippen molar-refractivity contribution in [2.24, 2.45) is 0 Å². The molecule has 0 unspecified atom stereocenters. The van der Waals surface area contributed by atoms with Crippen LogP contribution in [0.15, 0.2) is 0 Å². The molecule has 8 heteroatoms. The molecule has 2 N–H and O–H groups in total. The zero-order valence-corrected chi connectivity index (χ0v) is 12.6. The summed E-state index contributed by atoms with van der Waals surface area (Å²) in [6, 6.07) is 0. The van der Waals surface area contributed by atoms with E-state index in [4.69, 9.17) is 12.2 Å². The van der Waals surface area contributed by atoms with Crippen LogP contribution in [0.5, 0.6) is 0 Å². The molecule has 0 aromatic carbocycles. The van der Waals surface area contributed by atoms with E-state index in [1.807, 2.05) is 11.5 Å². The first kappa shape index (κ1) is 13.9. The van der Waals surface area contributed by atoms with E-state index in [1.165, 1.54) is 18.3 Å². The predicted molar refractivity (Wildman–Crippen MR) is 78.7 cm³/mol. The minimum Gasteiger partial charge on any atom is -0.308 e. The average Bonchev–Trinajstić information content (AvgIpc) is 2.64. The zero-order chi connectivity index (χ0) is 14.0. The van der Waals surface area contributed by atoms with Crippen LogP contribution in [-0.2, 0) is 11.3 Å². The van der Waals surface area contributed by atoms with Crippen molar-refractivity contribution in [1.29, 1.82) is 0 Å². The number of aryl methyl sites for hydroxylation is 2. The van der Waals surface area contributed by atoms with Crippen molar-refractivity contribution in [2.45, 2.75) is 33.7 Å². The van der Waals surface area contributed by atoms with Gasteiger partial charge in [0, 0.05) is 13.5 Å². The van der Waals surface area contributed by atoms with E-state index >= 15 is 0 Å². The summed E-state index contributed by atoms with van der Waals surface area (Å²) >= 11 is 6.80. The summed E-state index contributed by atoms with van der Waals surface area (Å²) in [5, 5.41) is 0. The lowest BCUT2D eigenvalue weighted by atomic mass is 10.4. The molecule has 0 atom stereocenters. The molecule has 2 aromatic heterocycles. The number of carbonyl (C=O) groups excluding carboxylic acids is 1. The Morgan fingerprint density at radius 2 is 2.21 bits per heavy atom. The van der Waals surface area contributed by atoms with Crippen molar-refractivity contribution in [3.8, 4) is 0 Å². The monoisotopic (exact) mass is 297 g/mol. The van der Waals surface area contributed by atoms with Gasteiger partial charge in [-0.3, -0.25) is 15.6 Å². The molecule has 0 saturated heterocycles. The number of fused-ring (bicyclic) bond motifs is 1. The van der Waals surface area contributed by atoms with E-state index in [0.29, 0.717) is 11.6 Å². The standard InChI is InChI=1S/C11H15N5OS2/c1-4-5-16-10-8(19-11(16)18)9(12-6(2)13-10)15-14-7(3)17/h4-5H2,1-3H3,(H,14,17)(H,12,13,15). The van der Waals surface area contributed by atoms with Gasteiger partial charge in [-0.15, -0.1) is 0 Å². The van der Waals surface area contributed by atoms with Gasteiger partial charge >= 0.3 is 0 Å². The lowest BCUT2D eigenvalue weighted by Gasteiger charge is -2.08. The fourth-order valence-electron chi connectivity index (χ4n) is 1.71. The van der Waals surface area contributed by atoms with Gasteiger partial charge in [-0.2, -0.15) is 0 Å². The number of nitrogens with one attached hydrogen (secondary N) is 2. The SMILES string of the molecule is CCCn1c(=S)sc2c(NNC(C)=O)nc(C)nc21. The maximum Gasteiger partial charge on any atom is 0.235 e. The first-order chi connectivity index (χ1) is 9.02. The average molecular weight is 297 g/mol. The fourth-order valence-corrected chi connectivity index (χ4v) is 3.04. The van der Waals surface area contributed by atoms with Crippen LogP contribution in [0.1, 0.15) is 26.1 Å². The summed E-state index contributed by atoms with van der Waals surface area (Å²) in [6.45, 7) is 6.17. The summed E-state index contributed by atoms with van der Waals surface area (Å²) in [4.78, 5) is 19.7. The number of aromatic nitrogens is 3. The highest BCUT2D eigenvalue weighted by Crippen LogP contribution is 2.27. The molecule has 0 bridgehead atoms. The largest absolute Gasteiger partial charge is 0.308 e. The molecule has 0 radical (unpaired) electrons. The van der Waals surface area contributed by atoms with E-state index < -0.39 is 0 Å². The summed E-state index contributed by atoms with van der Waals surface area (Å²) in [5.74, 6) is 1.04. The Balaban J connectivity index is 2.55. The number of nitrogens with zero attached hydrogens (tertiary/aromatic N) is 3. The third kappa shape index (κ3) is 2.90. The molecule has 0 fully saturated rings. The van der Waals surface area contributed by atoms with E-state index in [0.717, 1.165) is 27.3 Å². The lowest BCUT2D eigenvalue weighted by Crippen LogP contribution is -2.27. The Labute approximate surface area is 119 Å². The van der Waals surface area contributed by atoms with Crippen molar-refractivity contribution < 1.29 is 4.79 Å². The van der Waals surface area contributed by atoms with E-state index in [2.05, 4.69) is 27.7 Å². The Bertz CT molecular complexity index is 676. The Morgan fingerprint density at radius 1 is 1.47 bits per heavy atom. The highest BCUT2D eigenvalue weighted by atomic mass is 32.1.